The summed E-state index contributed by atoms with van der Waals surface area (Å²) >= 11 is 0. The van der Waals surface area contributed by atoms with Gasteiger partial charge in [-0.2, -0.15) is 0 Å². The summed E-state index contributed by atoms with van der Waals surface area (Å²) in [7, 11) is 1.77. The van der Waals surface area contributed by atoms with Crippen LogP contribution in [-0.4, -0.2) is 18.6 Å². The van der Waals surface area contributed by atoms with Crippen LogP contribution in [0.25, 0.3) is 10.9 Å². The van der Waals surface area contributed by atoms with E-state index in [2.05, 4.69) is 36.3 Å². The third-order valence-electron chi connectivity index (χ3n) is 4.16. The van der Waals surface area contributed by atoms with E-state index >= 15 is 0 Å². The van der Waals surface area contributed by atoms with Gasteiger partial charge < -0.3 is 15.0 Å². The first-order valence-electron chi connectivity index (χ1n) is 6.56. The Bertz CT molecular complexity index is 579. The van der Waals surface area contributed by atoms with Crippen molar-refractivity contribution in [3.05, 3.63) is 29.5 Å². The Labute approximate surface area is 108 Å². The van der Waals surface area contributed by atoms with Crippen molar-refractivity contribution in [3.8, 4) is 5.75 Å². The number of benzene rings is 1. The lowest BCUT2D eigenvalue weighted by molar-refractivity contribution is 0.375. The Kier molecular flexibility index (Phi) is 2.59. The minimum absolute atomic E-state index is 0.0449. The Balaban J connectivity index is 2.26. The van der Waals surface area contributed by atoms with Gasteiger partial charge in [-0.15, -0.1) is 0 Å². The van der Waals surface area contributed by atoms with Crippen molar-refractivity contribution in [2.75, 3.05) is 13.7 Å². The van der Waals surface area contributed by atoms with Gasteiger partial charge in [0.25, 0.3) is 0 Å². The average Bonchev–Trinajstić information content (AvgIpc) is 2.96. The third kappa shape index (κ3) is 1.54. The lowest BCUT2D eigenvalue weighted by Gasteiger charge is -2.27. The Morgan fingerprint density at radius 3 is 2.83 bits per heavy atom. The van der Waals surface area contributed by atoms with Crippen LogP contribution in [0.4, 0.5) is 0 Å². The molecule has 2 aromatic rings. The molecule has 0 aliphatic carbocycles. The smallest absolute Gasteiger partial charge is 0.133 e. The van der Waals surface area contributed by atoms with Crippen molar-refractivity contribution in [3.63, 3.8) is 0 Å². The van der Waals surface area contributed by atoms with Gasteiger partial charge in [0.1, 0.15) is 5.75 Å². The topological polar surface area (TPSA) is 37.0 Å². The quantitative estimate of drug-likeness (QED) is 0.851. The zero-order valence-electron chi connectivity index (χ0n) is 11.3. The van der Waals surface area contributed by atoms with E-state index in [1.807, 2.05) is 6.20 Å². The van der Waals surface area contributed by atoms with Gasteiger partial charge in [-0.25, -0.2) is 0 Å². The molecule has 96 valence electrons. The summed E-state index contributed by atoms with van der Waals surface area (Å²) in [6, 6.07) is 4.35. The molecule has 1 saturated heterocycles. The maximum absolute atomic E-state index is 5.72. The molecule has 0 spiro atoms. The highest BCUT2D eigenvalue weighted by Gasteiger charge is 2.33. The Hall–Kier alpha value is -1.48. The molecule has 1 aliphatic heterocycles. The van der Waals surface area contributed by atoms with E-state index in [9.17, 15) is 0 Å². The fourth-order valence-electron chi connectivity index (χ4n) is 3.12. The molecule has 3 heteroatoms. The standard InChI is InChI=1S/C15H20N2O/c1-10-9-16-12-6-5-11(14(18-3)13(10)12)15(2)7-4-8-17-15/h5-6,9,16-17H,4,7-8H2,1-3H3. The largest absolute Gasteiger partial charge is 0.496 e. The molecule has 18 heavy (non-hydrogen) atoms. The first-order chi connectivity index (χ1) is 8.65. The monoisotopic (exact) mass is 244 g/mol. The molecular weight excluding hydrogens is 224 g/mol. The summed E-state index contributed by atoms with van der Waals surface area (Å²) in [5, 5.41) is 4.82. The third-order valence-corrected chi connectivity index (χ3v) is 4.16. The predicted octanol–water partition coefficient (Wildman–Crippen LogP) is 3.08. The first kappa shape index (κ1) is 11.6. The average molecular weight is 244 g/mol. The van der Waals surface area contributed by atoms with Crippen molar-refractivity contribution < 1.29 is 4.74 Å². The molecule has 3 nitrogen and oxygen atoms in total. The lowest BCUT2D eigenvalue weighted by atomic mass is 9.88. The summed E-state index contributed by atoms with van der Waals surface area (Å²) in [5.74, 6) is 1.02. The van der Waals surface area contributed by atoms with Gasteiger partial charge in [-0.05, 0) is 44.9 Å². The number of hydrogen-bond acceptors (Lipinski definition) is 2. The second-order valence-corrected chi connectivity index (χ2v) is 5.40. The van der Waals surface area contributed by atoms with Crippen molar-refractivity contribution in [1.29, 1.82) is 0 Å². The highest BCUT2D eigenvalue weighted by molar-refractivity contribution is 5.90. The number of aryl methyl sites for hydroxylation is 1. The maximum atomic E-state index is 5.72. The number of rotatable bonds is 2. The second-order valence-electron chi connectivity index (χ2n) is 5.40. The predicted molar refractivity (Wildman–Crippen MR) is 74.2 cm³/mol. The van der Waals surface area contributed by atoms with Gasteiger partial charge >= 0.3 is 0 Å². The number of aromatic nitrogens is 1. The van der Waals surface area contributed by atoms with Crippen LogP contribution in [0, 0.1) is 6.92 Å². The molecule has 0 radical (unpaired) electrons. The summed E-state index contributed by atoms with van der Waals surface area (Å²) in [6.45, 7) is 5.48. The second kappa shape index (κ2) is 4.02. The van der Waals surface area contributed by atoms with Crippen LogP contribution in [0.5, 0.6) is 5.75 Å². The van der Waals surface area contributed by atoms with Crippen LogP contribution in [-0.2, 0) is 5.54 Å². The minimum atomic E-state index is 0.0449. The summed E-state index contributed by atoms with van der Waals surface area (Å²) in [4.78, 5) is 3.29. The molecule has 0 bridgehead atoms. The highest BCUT2D eigenvalue weighted by Crippen LogP contribution is 2.41. The Morgan fingerprint density at radius 1 is 1.33 bits per heavy atom. The van der Waals surface area contributed by atoms with E-state index in [4.69, 9.17) is 4.74 Å². The molecule has 0 amide bonds. The number of methoxy groups -OCH3 is 1. The molecule has 3 rings (SSSR count). The summed E-state index contributed by atoms with van der Waals surface area (Å²) in [5.41, 5.74) is 3.71. The fourth-order valence-corrected chi connectivity index (χ4v) is 3.12. The number of fused-ring (bicyclic) bond motifs is 1. The van der Waals surface area contributed by atoms with Crippen molar-refractivity contribution >= 4 is 10.9 Å². The number of ether oxygens (including phenoxy) is 1. The van der Waals surface area contributed by atoms with E-state index in [0.717, 1.165) is 17.8 Å². The van der Waals surface area contributed by atoms with Crippen LogP contribution < -0.4 is 10.1 Å². The molecule has 1 aromatic heterocycles. The highest BCUT2D eigenvalue weighted by atomic mass is 16.5. The van der Waals surface area contributed by atoms with E-state index in [-0.39, 0.29) is 5.54 Å². The maximum Gasteiger partial charge on any atom is 0.133 e. The normalized spacial score (nSPS) is 23.7. The molecule has 1 fully saturated rings. The Morgan fingerprint density at radius 2 is 2.17 bits per heavy atom. The van der Waals surface area contributed by atoms with Crippen LogP contribution in [0.15, 0.2) is 18.3 Å². The molecule has 1 aliphatic rings. The number of hydrogen-bond donors (Lipinski definition) is 2. The van der Waals surface area contributed by atoms with Gasteiger partial charge in [0.05, 0.1) is 7.11 Å². The molecule has 0 saturated carbocycles. The van der Waals surface area contributed by atoms with Crippen LogP contribution in [0.3, 0.4) is 0 Å². The first-order valence-corrected chi connectivity index (χ1v) is 6.56. The van der Waals surface area contributed by atoms with Gasteiger partial charge in [0, 0.05) is 28.2 Å². The zero-order chi connectivity index (χ0) is 12.8. The van der Waals surface area contributed by atoms with E-state index in [0.29, 0.717) is 0 Å². The molecule has 1 aromatic carbocycles. The van der Waals surface area contributed by atoms with Crippen molar-refractivity contribution in [2.45, 2.75) is 32.2 Å². The minimum Gasteiger partial charge on any atom is -0.496 e. The number of H-pyrrole nitrogens is 1. The number of aromatic amines is 1. The fraction of sp³-hybridized carbons (Fsp3) is 0.467. The van der Waals surface area contributed by atoms with E-state index in [1.165, 1.54) is 29.4 Å². The SMILES string of the molecule is COc1c(C2(C)CCCN2)ccc2[nH]cc(C)c12. The van der Waals surface area contributed by atoms with Crippen LogP contribution in [0.2, 0.25) is 0 Å². The van der Waals surface area contributed by atoms with Crippen LogP contribution >= 0.6 is 0 Å². The summed E-state index contributed by atoms with van der Waals surface area (Å²) < 4.78 is 5.72. The summed E-state index contributed by atoms with van der Waals surface area (Å²) in [6.07, 6.45) is 4.43. The van der Waals surface area contributed by atoms with E-state index < -0.39 is 0 Å². The number of nitrogens with one attached hydrogen (secondary N) is 2. The molecule has 1 unspecified atom stereocenters. The zero-order valence-corrected chi connectivity index (χ0v) is 11.3. The van der Waals surface area contributed by atoms with Crippen LogP contribution in [0.1, 0.15) is 30.9 Å². The van der Waals surface area contributed by atoms with Crippen molar-refractivity contribution in [1.82, 2.24) is 10.3 Å². The molecule has 1 atom stereocenters. The lowest BCUT2D eigenvalue weighted by Crippen LogP contribution is -2.33. The van der Waals surface area contributed by atoms with Gasteiger partial charge in [0.15, 0.2) is 0 Å². The molecule has 2 heterocycles. The molecular formula is C15H20N2O. The van der Waals surface area contributed by atoms with Crippen molar-refractivity contribution in [2.24, 2.45) is 0 Å². The van der Waals surface area contributed by atoms with E-state index in [1.54, 1.807) is 7.11 Å². The van der Waals surface area contributed by atoms with Gasteiger partial charge in [-0.1, -0.05) is 6.07 Å². The molecule has 2 N–H and O–H groups in total. The van der Waals surface area contributed by atoms with Gasteiger partial charge in [0.2, 0.25) is 0 Å². The van der Waals surface area contributed by atoms with Gasteiger partial charge in [-0.3, -0.25) is 0 Å².